The van der Waals surface area contributed by atoms with Gasteiger partial charge in [0.2, 0.25) is 8.32 Å². The molecule has 0 aliphatic heterocycles. The Bertz CT molecular complexity index is 685. The third-order valence-electron chi connectivity index (χ3n) is 4.80. The van der Waals surface area contributed by atoms with Crippen LogP contribution in [0.15, 0.2) is 30.4 Å². The third kappa shape index (κ3) is 6.13. The molecule has 0 unspecified atom stereocenters. The molecule has 0 aliphatic rings. The van der Waals surface area contributed by atoms with Gasteiger partial charge in [-0.1, -0.05) is 61.0 Å². The van der Waals surface area contributed by atoms with Crippen LogP contribution in [-0.4, -0.2) is 20.9 Å². The quantitative estimate of drug-likeness (QED) is 0.162. The van der Waals surface area contributed by atoms with E-state index in [1.807, 2.05) is 12.2 Å². The van der Waals surface area contributed by atoms with Crippen molar-refractivity contribution in [3.05, 3.63) is 47.1 Å². The number of hydrogen-bond donors (Lipinski definition) is 0. The first-order chi connectivity index (χ1) is 12.0. The molecular weight excluding hydrogens is 408 g/mol. The van der Waals surface area contributed by atoms with E-state index in [0.717, 1.165) is 22.2 Å². The fourth-order valence-electron chi connectivity index (χ4n) is 2.11. The highest BCUT2D eigenvalue weighted by Crippen LogP contribution is 2.39. The van der Waals surface area contributed by atoms with Gasteiger partial charge in [0.15, 0.2) is 0 Å². The first-order valence-electron chi connectivity index (χ1n) is 8.92. The highest BCUT2D eigenvalue weighted by Gasteiger charge is 2.39. The summed E-state index contributed by atoms with van der Waals surface area (Å²) in [5, 5.41) is 0.902. The molecule has 1 aromatic rings. The van der Waals surface area contributed by atoms with E-state index in [1.54, 1.807) is 13.0 Å². The van der Waals surface area contributed by atoms with Crippen LogP contribution in [0.3, 0.4) is 0 Å². The van der Waals surface area contributed by atoms with Crippen LogP contribution in [0.25, 0.3) is 6.08 Å². The molecule has 0 saturated heterocycles. The average molecular weight is 439 g/mol. The van der Waals surface area contributed by atoms with Gasteiger partial charge >= 0.3 is 5.97 Å². The van der Waals surface area contributed by atoms with Crippen molar-refractivity contribution in [2.45, 2.75) is 58.1 Å². The lowest BCUT2D eigenvalue weighted by atomic mass is 10.0. The second-order valence-electron chi connectivity index (χ2n) is 7.72. The summed E-state index contributed by atoms with van der Waals surface area (Å²) in [5.74, 6) is 0.637. The number of carbonyl (C=O) groups excluding carboxylic acids is 1. The molecule has 3 nitrogen and oxygen atoms in total. The number of benzene rings is 1. The summed E-state index contributed by atoms with van der Waals surface area (Å²) in [6.45, 7) is 15.5. The lowest BCUT2D eigenvalue weighted by molar-refractivity contribution is -0.137. The van der Waals surface area contributed by atoms with Crippen molar-refractivity contribution in [1.29, 1.82) is 0 Å². The van der Waals surface area contributed by atoms with Crippen LogP contribution < -0.4 is 4.43 Å². The van der Waals surface area contributed by atoms with Crippen LogP contribution in [0.1, 0.15) is 44.4 Å². The molecule has 0 N–H and O–H groups in total. The minimum atomic E-state index is -1.88. The monoisotopic (exact) mass is 438 g/mol. The predicted molar refractivity (Wildman–Crippen MR) is 116 cm³/mol. The molecule has 26 heavy (non-hydrogen) atoms. The maximum absolute atomic E-state index is 11.3. The molecule has 0 bridgehead atoms. The van der Waals surface area contributed by atoms with Crippen molar-refractivity contribution < 1.29 is 14.0 Å². The maximum atomic E-state index is 11.3. The molecule has 0 aromatic heterocycles. The number of allylic oxidation sites excluding steroid dienone is 2. The molecule has 0 heterocycles. The zero-order valence-electron chi connectivity index (χ0n) is 17.0. The Balaban J connectivity index is 3.06. The normalized spacial score (nSPS) is 12.8. The van der Waals surface area contributed by atoms with Gasteiger partial charge in [-0.05, 0) is 54.7 Å². The zero-order chi connectivity index (χ0) is 20.0. The number of rotatable bonds is 7. The van der Waals surface area contributed by atoms with E-state index in [1.165, 1.54) is 11.6 Å². The van der Waals surface area contributed by atoms with Crippen LogP contribution in [0.2, 0.25) is 18.1 Å². The second-order valence-corrected chi connectivity index (χ2v) is 13.0. The maximum Gasteiger partial charge on any atom is 0.330 e. The lowest BCUT2D eigenvalue weighted by Gasteiger charge is -2.37. The van der Waals surface area contributed by atoms with Gasteiger partial charge in [-0.3, -0.25) is 0 Å². The molecular formula is C21H31BrO3Si. The highest BCUT2D eigenvalue weighted by atomic mass is 79.9. The number of ether oxygens (including phenoxy) is 1. The van der Waals surface area contributed by atoms with Gasteiger partial charge in [0.1, 0.15) is 5.75 Å². The molecule has 0 atom stereocenters. The summed E-state index contributed by atoms with van der Waals surface area (Å²) in [6, 6.07) is 4.12. The van der Waals surface area contributed by atoms with E-state index in [0.29, 0.717) is 6.61 Å². The number of esters is 1. The fraction of sp³-hybridized carbons (Fsp3) is 0.476. The van der Waals surface area contributed by atoms with Gasteiger partial charge in [-0.2, -0.15) is 0 Å². The van der Waals surface area contributed by atoms with Gasteiger partial charge in [-0.15, -0.1) is 0 Å². The minimum Gasteiger partial charge on any atom is -0.543 e. The Morgan fingerprint density at radius 2 is 1.88 bits per heavy atom. The van der Waals surface area contributed by atoms with Crippen LogP contribution in [0, 0.1) is 6.92 Å². The van der Waals surface area contributed by atoms with Gasteiger partial charge in [0, 0.05) is 11.4 Å². The summed E-state index contributed by atoms with van der Waals surface area (Å²) < 4.78 is 11.4. The summed E-state index contributed by atoms with van der Waals surface area (Å²) in [7, 11) is -1.88. The third-order valence-corrected chi connectivity index (χ3v) is 9.70. The molecule has 1 rings (SSSR count). The van der Waals surface area contributed by atoms with E-state index < -0.39 is 8.32 Å². The molecule has 1 aromatic carbocycles. The number of hydrogen-bond acceptors (Lipinski definition) is 3. The highest BCUT2D eigenvalue weighted by molar-refractivity contribution is 9.08. The Labute approximate surface area is 167 Å². The topological polar surface area (TPSA) is 35.5 Å². The standard InChI is InChI=1S/C21H31BrO3Si/c1-8-24-20(23)12-10-9-11-17-13-14-19(16(2)18(17)15-22)25-26(6,7)21(3,4)5/h9-14H,8,15H2,1-7H3/b11-9+,12-10+. The molecule has 0 aliphatic carbocycles. The van der Waals surface area contributed by atoms with Crippen LogP contribution in [0.4, 0.5) is 0 Å². The fourth-order valence-corrected chi connectivity index (χ4v) is 3.93. The molecule has 0 spiro atoms. The van der Waals surface area contributed by atoms with Crippen molar-refractivity contribution in [2.24, 2.45) is 0 Å². The van der Waals surface area contributed by atoms with Crippen molar-refractivity contribution in [1.82, 2.24) is 0 Å². The molecule has 144 valence electrons. The molecule has 0 amide bonds. The van der Waals surface area contributed by atoms with Crippen LogP contribution in [0.5, 0.6) is 5.75 Å². The summed E-state index contributed by atoms with van der Waals surface area (Å²) in [5.41, 5.74) is 3.46. The number of halogens is 1. The SMILES string of the molecule is CCOC(=O)/C=C/C=C/c1ccc(O[Si](C)(C)C(C)(C)C)c(C)c1CBr. The van der Waals surface area contributed by atoms with Gasteiger partial charge in [-0.25, -0.2) is 4.79 Å². The van der Waals surface area contributed by atoms with Gasteiger partial charge < -0.3 is 9.16 Å². The van der Waals surface area contributed by atoms with Crippen molar-refractivity contribution in [3.8, 4) is 5.75 Å². The molecule has 0 fully saturated rings. The Morgan fingerprint density at radius 3 is 2.42 bits per heavy atom. The van der Waals surface area contributed by atoms with E-state index >= 15 is 0 Å². The summed E-state index contributed by atoms with van der Waals surface area (Å²) >= 11 is 3.59. The first-order valence-corrected chi connectivity index (χ1v) is 13.0. The van der Waals surface area contributed by atoms with E-state index in [-0.39, 0.29) is 11.0 Å². The van der Waals surface area contributed by atoms with Crippen LogP contribution in [-0.2, 0) is 14.9 Å². The molecule has 0 saturated carbocycles. The largest absolute Gasteiger partial charge is 0.543 e. The van der Waals surface area contributed by atoms with Gasteiger partial charge in [0.05, 0.1) is 6.61 Å². The Hall–Kier alpha value is -1.33. The average Bonchev–Trinajstić information content (AvgIpc) is 2.53. The Morgan fingerprint density at radius 1 is 1.23 bits per heavy atom. The molecule has 0 radical (unpaired) electrons. The lowest BCUT2D eigenvalue weighted by Crippen LogP contribution is -2.44. The van der Waals surface area contributed by atoms with E-state index in [2.05, 4.69) is 68.9 Å². The second kappa shape index (κ2) is 9.56. The van der Waals surface area contributed by atoms with E-state index in [9.17, 15) is 4.79 Å². The predicted octanol–water partition coefficient (Wildman–Crippen LogP) is 6.41. The van der Waals surface area contributed by atoms with Crippen molar-refractivity contribution in [3.63, 3.8) is 0 Å². The first kappa shape index (κ1) is 22.7. The van der Waals surface area contributed by atoms with E-state index in [4.69, 9.17) is 9.16 Å². The number of alkyl halides is 1. The van der Waals surface area contributed by atoms with Crippen LogP contribution >= 0.6 is 15.9 Å². The smallest absolute Gasteiger partial charge is 0.330 e. The van der Waals surface area contributed by atoms with Gasteiger partial charge in [0.25, 0.3) is 0 Å². The summed E-state index contributed by atoms with van der Waals surface area (Å²) in [4.78, 5) is 11.3. The molecule has 5 heteroatoms. The minimum absolute atomic E-state index is 0.157. The number of carbonyl (C=O) groups is 1. The zero-order valence-corrected chi connectivity index (χ0v) is 19.6. The van der Waals surface area contributed by atoms with Crippen molar-refractivity contribution >= 4 is 36.3 Å². The van der Waals surface area contributed by atoms with Crippen molar-refractivity contribution in [2.75, 3.05) is 6.61 Å². The summed E-state index contributed by atoms with van der Waals surface area (Å²) in [6.07, 6.45) is 6.97. The Kier molecular flexibility index (Phi) is 8.35.